The summed E-state index contributed by atoms with van der Waals surface area (Å²) in [6.45, 7) is -0.102. The van der Waals surface area contributed by atoms with Crippen LogP contribution in [0.5, 0.6) is 28.7 Å². The molecule has 5 rings (SSSR count). The second kappa shape index (κ2) is 9.67. The molecule has 0 spiro atoms. The van der Waals surface area contributed by atoms with Crippen LogP contribution < -0.4 is 20.3 Å². The van der Waals surface area contributed by atoms with Crippen LogP contribution in [0, 0.1) is 0 Å². The molecule has 1 saturated heterocycles. The van der Waals surface area contributed by atoms with Gasteiger partial charge in [-0.05, 0) is 30.7 Å². The normalized spacial score (nSPS) is 18.7. The molecule has 3 aromatic rings. The van der Waals surface area contributed by atoms with E-state index in [-0.39, 0.29) is 34.8 Å². The van der Waals surface area contributed by atoms with E-state index in [0.717, 1.165) is 24.1 Å². The van der Waals surface area contributed by atoms with Crippen molar-refractivity contribution in [2.24, 2.45) is 5.73 Å². The Morgan fingerprint density at radius 2 is 1.45 bits per heavy atom. The Bertz CT molecular complexity index is 1700. The molecule has 0 radical (unpaired) electrons. The smallest absolute Gasteiger partial charge is 0.316 e. The number of carbonyl (C=O) groups is 3. The molecular formula is C25H25N5O14. The van der Waals surface area contributed by atoms with Gasteiger partial charge in [0.05, 0.1) is 13.5 Å². The number of ether oxygens (including phenoxy) is 1. The first kappa shape index (κ1) is 30.3. The van der Waals surface area contributed by atoms with Gasteiger partial charge in [0.2, 0.25) is 28.9 Å². The zero-order valence-electron chi connectivity index (χ0n) is 22.4. The molecule has 19 heteroatoms. The summed E-state index contributed by atoms with van der Waals surface area (Å²) in [7, 11) is 1.03. The lowest BCUT2D eigenvalue weighted by Crippen LogP contribution is -2.79. The van der Waals surface area contributed by atoms with Gasteiger partial charge in [0.1, 0.15) is 5.69 Å². The molecule has 2 aliphatic rings. The van der Waals surface area contributed by atoms with E-state index in [9.17, 15) is 65.4 Å². The van der Waals surface area contributed by atoms with Gasteiger partial charge >= 0.3 is 5.91 Å². The molecule has 1 aromatic heterocycles. The molecule has 1 fully saturated rings. The molecule has 19 nitrogen and oxygen atoms in total. The van der Waals surface area contributed by atoms with Crippen LogP contribution >= 0.6 is 0 Å². The van der Waals surface area contributed by atoms with Crippen molar-refractivity contribution < 1.29 is 70.2 Å². The molecule has 0 bridgehead atoms. The van der Waals surface area contributed by atoms with Crippen LogP contribution in [0.2, 0.25) is 0 Å². The number of rotatable bonds is 5. The Kier molecular flexibility index (Phi) is 6.65. The van der Waals surface area contributed by atoms with Crippen molar-refractivity contribution in [3.63, 3.8) is 0 Å². The number of hydrogen-bond donors (Lipinski definition) is 11. The Hall–Kier alpha value is -5.18. The van der Waals surface area contributed by atoms with Crippen LogP contribution in [0.15, 0.2) is 24.3 Å². The van der Waals surface area contributed by atoms with E-state index in [0.29, 0.717) is 4.68 Å². The van der Waals surface area contributed by atoms with E-state index >= 15 is 0 Å². The summed E-state index contributed by atoms with van der Waals surface area (Å²) in [6, 6.07) is 4.54. The third-order valence-electron chi connectivity index (χ3n) is 7.40. The lowest BCUT2D eigenvalue weighted by Gasteiger charge is -2.51. The van der Waals surface area contributed by atoms with Crippen LogP contribution in [0.3, 0.4) is 0 Å². The predicted octanol–water partition coefficient (Wildman–Crippen LogP) is -3.26. The van der Waals surface area contributed by atoms with Gasteiger partial charge in [-0.25, -0.2) is 4.68 Å². The number of fused-ring (bicyclic) bond motifs is 1. The molecule has 0 aliphatic carbocycles. The van der Waals surface area contributed by atoms with E-state index in [1.165, 1.54) is 12.1 Å². The fourth-order valence-electron chi connectivity index (χ4n) is 5.14. The molecule has 12 N–H and O–H groups in total. The maximum atomic E-state index is 13.8. The summed E-state index contributed by atoms with van der Waals surface area (Å²) < 4.78 is 5.38. The van der Waals surface area contributed by atoms with Crippen LogP contribution in [0.1, 0.15) is 33.0 Å². The first-order valence-electron chi connectivity index (χ1n) is 12.4. The Balaban J connectivity index is 1.57. The van der Waals surface area contributed by atoms with E-state index in [1.807, 2.05) is 0 Å². The molecule has 2 aromatic carbocycles. The van der Waals surface area contributed by atoms with Crippen molar-refractivity contribution in [1.29, 1.82) is 0 Å². The molecule has 0 saturated carbocycles. The SMILES string of the molecule is COc1c(O)c(O)c(-n2nc(C(N)=O)c3c2C(=O)N(c2ccc(N4C(=O)CC(O)(O)C(O)(O)C4(O)O)cc2)CC3)c(O)c1O. The average molecular weight is 619 g/mol. The zero-order valence-corrected chi connectivity index (χ0v) is 22.4. The Labute approximate surface area is 244 Å². The van der Waals surface area contributed by atoms with Crippen molar-refractivity contribution in [1.82, 2.24) is 9.78 Å². The van der Waals surface area contributed by atoms with Gasteiger partial charge in [-0.1, -0.05) is 0 Å². The maximum absolute atomic E-state index is 13.8. The summed E-state index contributed by atoms with van der Waals surface area (Å²) in [4.78, 5) is 39.7. The van der Waals surface area contributed by atoms with Gasteiger partial charge in [0.15, 0.2) is 22.9 Å². The quantitative estimate of drug-likeness (QED) is 0.0758. The fourth-order valence-corrected chi connectivity index (χ4v) is 5.14. The highest BCUT2D eigenvalue weighted by Gasteiger charge is 2.70. The van der Waals surface area contributed by atoms with Crippen molar-refractivity contribution >= 4 is 29.1 Å². The van der Waals surface area contributed by atoms with E-state index < -0.39 is 87.5 Å². The van der Waals surface area contributed by atoms with Gasteiger partial charge in [-0.2, -0.15) is 5.10 Å². The highest BCUT2D eigenvalue weighted by Crippen LogP contribution is 2.53. The highest BCUT2D eigenvalue weighted by atomic mass is 16.7. The number of anilines is 2. The van der Waals surface area contributed by atoms with Crippen LogP contribution in [0.4, 0.5) is 11.4 Å². The third-order valence-corrected chi connectivity index (χ3v) is 7.40. The van der Waals surface area contributed by atoms with Crippen LogP contribution in [0.25, 0.3) is 5.69 Å². The van der Waals surface area contributed by atoms with Gasteiger partial charge in [0, 0.05) is 23.5 Å². The van der Waals surface area contributed by atoms with Crippen LogP contribution in [-0.2, 0) is 11.2 Å². The second-order valence-corrected chi connectivity index (χ2v) is 9.98. The first-order chi connectivity index (χ1) is 20.4. The number of hydrogen-bond acceptors (Lipinski definition) is 15. The summed E-state index contributed by atoms with van der Waals surface area (Å²) in [5.74, 6) is -19.7. The number of nitrogens with zero attached hydrogens (tertiary/aromatic N) is 4. The number of aromatic hydroxyl groups is 4. The Morgan fingerprint density at radius 3 is 1.98 bits per heavy atom. The van der Waals surface area contributed by atoms with Gasteiger partial charge in [0.25, 0.3) is 17.6 Å². The summed E-state index contributed by atoms with van der Waals surface area (Å²) in [5.41, 5.74) is 3.56. The molecule has 0 unspecified atom stereocenters. The van der Waals surface area contributed by atoms with Crippen molar-refractivity contribution in [2.45, 2.75) is 30.3 Å². The molecule has 3 heterocycles. The summed E-state index contributed by atoms with van der Waals surface area (Å²) in [6.07, 6.45) is -1.40. The van der Waals surface area contributed by atoms with Crippen molar-refractivity contribution in [3.05, 3.63) is 41.2 Å². The lowest BCUT2D eigenvalue weighted by molar-refractivity contribution is -0.455. The molecule has 2 aliphatic heterocycles. The van der Waals surface area contributed by atoms with E-state index in [2.05, 4.69) is 5.10 Å². The standard InChI is InChI=1S/C25H25N5O14/c1-44-20-18(34)16(32)15(17(33)19(20)35)30-14-11(13(27-30)21(26)36)6-7-28(22(14)37)9-2-4-10(5-3-9)29-12(31)8-23(38,39)24(40,41)25(29,42)43/h2-5,32-35,38-43H,6-8H2,1H3,(H2,26,36). The average Bonchev–Trinajstić information content (AvgIpc) is 3.32. The number of carbonyl (C=O) groups excluding carboxylic acids is 3. The minimum absolute atomic E-state index is 0.00643. The number of amides is 3. The highest BCUT2D eigenvalue weighted by molar-refractivity contribution is 6.10. The van der Waals surface area contributed by atoms with Gasteiger partial charge in [-0.3, -0.25) is 19.3 Å². The predicted molar refractivity (Wildman–Crippen MR) is 141 cm³/mol. The zero-order chi connectivity index (χ0) is 32.7. The molecule has 3 amide bonds. The molecule has 234 valence electrons. The number of aliphatic hydroxyl groups is 6. The fraction of sp³-hybridized carbons (Fsp3) is 0.280. The third kappa shape index (κ3) is 3.99. The minimum Gasteiger partial charge on any atom is -0.503 e. The van der Waals surface area contributed by atoms with Crippen molar-refractivity contribution in [2.75, 3.05) is 23.5 Å². The number of phenolic OH excluding ortho intramolecular Hbond substituents is 4. The number of benzene rings is 2. The second-order valence-electron chi connectivity index (χ2n) is 9.98. The minimum atomic E-state index is -4.01. The Morgan fingerprint density at radius 1 is 0.909 bits per heavy atom. The van der Waals surface area contributed by atoms with Crippen LogP contribution in [-0.4, -0.2) is 110 Å². The van der Waals surface area contributed by atoms with E-state index in [1.54, 1.807) is 0 Å². The number of aromatic nitrogens is 2. The van der Waals surface area contributed by atoms with Gasteiger partial charge < -0.3 is 66.4 Å². The monoisotopic (exact) mass is 619 g/mol. The molecular weight excluding hydrogens is 594 g/mol. The van der Waals surface area contributed by atoms with Crippen molar-refractivity contribution in [3.8, 4) is 34.4 Å². The first-order valence-corrected chi connectivity index (χ1v) is 12.4. The number of piperidine rings is 1. The number of phenols is 4. The largest absolute Gasteiger partial charge is 0.503 e. The summed E-state index contributed by atoms with van der Waals surface area (Å²) >= 11 is 0. The van der Waals surface area contributed by atoms with Gasteiger partial charge in [-0.15, -0.1) is 0 Å². The summed E-state index contributed by atoms with van der Waals surface area (Å²) in [5, 5.41) is 106. The topological polar surface area (TPSA) is 313 Å². The van der Waals surface area contributed by atoms with E-state index in [4.69, 9.17) is 10.5 Å². The number of primary amides is 1. The molecule has 44 heavy (non-hydrogen) atoms. The number of methoxy groups -OCH3 is 1. The maximum Gasteiger partial charge on any atom is 0.316 e. The number of nitrogens with two attached hydrogens (primary N) is 1. The molecule has 0 atom stereocenters. The lowest BCUT2D eigenvalue weighted by atomic mass is 9.91.